The van der Waals surface area contributed by atoms with Crippen LogP contribution < -0.4 is 4.74 Å². The number of rotatable bonds is 6. The van der Waals surface area contributed by atoms with Gasteiger partial charge in [-0.2, -0.15) is 23.1 Å². The highest BCUT2D eigenvalue weighted by molar-refractivity contribution is 5.61. The zero-order valence-corrected chi connectivity index (χ0v) is 15.8. The summed E-state index contributed by atoms with van der Waals surface area (Å²) < 4.78 is 53.2. The Kier molecular flexibility index (Phi) is 5.39. The van der Waals surface area contributed by atoms with Gasteiger partial charge in [0.25, 0.3) is 0 Å². The number of benzene rings is 1. The van der Waals surface area contributed by atoms with Crippen molar-refractivity contribution < 1.29 is 27.0 Å². The van der Waals surface area contributed by atoms with Crippen LogP contribution in [0.3, 0.4) is 0 Å². The third-order valence-corrected chi connectivity index (χ3v) is 3.95. The van der Waals surface area contributed by atoms with Crippen LogP contribution in [0.4, 0.5) is 13.2 Å². The molecule has 0 aliphatic carbocycles. The second-order valence-electron chi connectivity index (χ2n) is 6.66. The van der Waals surface area contributed by atoms with Gasteiger partial charge in [0, 0.05) is 11.5 Å². The maximum absolute atomic E-state index is 12.6. The number of halogens is 3. The molecular formula is C18H19F3N4O3. The van der Waals surface area contributed by atoms with E-state index < -0.39 is 12.1 Å². The summed E-state index contributed by atoms with van der Waals surface area (Å²) in [5.74, 6) is 0.438. The van der Waals surface area contributed by atoms with Gasteiger partial charge in [-0.1, -0.05) is 24.2 Å². The smallest absolute Gasteiger partial charge is 0.471 e. The predicted molar refractivity (Wildman–Crippen MR) is 91.8 cm³/mol. The molecule has 0 aliphatic rings. The van der Waals surface area contributed by atoms with Crippen molar-refractivity contribution in [2.75, 3.05) is 6.61 Å². The molecule has 0 fully saturated rings. The first-order chi connectivity index (χ1) is 13.1. The van der Waals surface area contributed by atoms with Gasteiger partial charge in [-0.25, -0.2) is 0 Å². The first-order valence-corrected chi connectivity index (χ1v) is 8.63. The van der Waals surface area contributed by atoms with Crippen molar-refractivity contribution in [2.45, 2.75) is 46.2 Å². The van der Waals surface area contributed by atoms with Crippen molar-refractivity contribution in [3.05, 3.63) is 40.9 Å². The Balaban J connectivity index is 1.70. The lowest BCUT2D eigenvalue weighted by Crippen LogP contribution is -2.05. The molecular weight excluding hydrogens is 377 g/mol. The maximum atomic E-state index is 12.6. The van der Waals surface area contributed by atoms with Crippen molar-refractivity contribution in [1.82, 2.24) is 20.3 Å². The summed E-state index contributed by atoms with van der Waals surface area (Å²) in [6.45, 7) is 7.85. The minimum atomic E-state index is -4.68. The van der Waals surface area contributed by atoms with Crippen molar-refractivity contribution in [3.63, 3.8) is 0 Å². The normalized spacial score (nSPS) is 12.0. The molecule has 10 heteroatoms. The van der Waals surface area contributed by atoms with Crippen LogP contribution in [0.5, 0.6) is 5.75 Å². The van der Waals surface area contributed by atoms with E-state index in [1.165, 1.54) is 0 Å². The monoisotopic (exact) mass is 396 g/mol. The third-order valence-electron chi connectivity index (χ3n) is 3.95. The number of alkyl halides is 3. The zero-order chi connectivity index (χ0) is 20.5. The van der Waals surface area contributed by atoms with Crippen LogP contribution in [0.1, 0.15) is 48.5 Å². The maximum Gasteiger partial charge on any atom is 0.471 e. The average Bonchev–Trinajstić information content (AvgIpc) is 3.26. The minimum Gasteiger partial charge on any atom is -0.493 e. The van der Waals surface area contributed by atoms with E-state index in [-0.39, 0.29) is 11.7 Å². The van der Waals surface area contributed by atoms with Crippen LogP contribution in [0, 0.1) is 13.8 Å². The van der Waals surface area contributed by atoms with E-state index in [9.17, 15) is 13.2 Å². The van der Waals surface area contributed by atoms with E-state index in [0.717, 1.165) is 11.1 Å². The molecule has 3 aromatic rings. The fourth-order valence-corrected chi connectivity index (χ4v) is 2.61. The number of aromatic nitrogens is 4. The molecule has 28 heavy (non-hydrogen) atoms. The highest BCUT2D eigenvalue weighted by Gasteiger charge is 2.38. The second-order valence-corrected chi connectivity index (χ2v) is 6.66. The largest absolute Gasteiger partial charge is 0.493 e. The number of nitrogens with zero attached hydrogens (tertiary/aromatic N) is 4. The van der Waals surface area contributed by atoms with Crippen molar-refractivity contribution >= 4 is 0 Å². The first kappa shape index (κ1) is 19.8. The van der Waals surface area contributed by atoms with E-state index >= 15 is 0 Å². The molecule has 7 nitrogen and oxygen atoms in total. The summed E-state index contributed by atoms with van der Waals surface area (Å²) in [6, 6.07) is 3.30. The molecule has 2 heterocycles. The molecule has 0 bridgehead atoms. The van der Waals surface area contributed by atoms with Crippen LogP contribution in [0.15, 0.2) is 21.2 Å². The van der Waals surface area contributed by atoms with Crippen molar-refractivity contribution in [3.8, 4) is 17.1 Å². The van der Waals surface area contributed by atoms with Crippen molar-refractivity contribution in [1.29, 1.82) is 0 Å². The number of hydrogen-bond acceptors (Lipinski definition) is 7. The zero-order valence-electron chi connectivity index (χ0n) is 15.8. The van der Waals surface area contributed by atoms with Gasteiger partial charge in [0.05, 0.1) is 13.0 Å². The van der Waals surface area contributed by atoms with Gasteiger partial charge >= 0.3 is 12.1 Å². The lowest BCUT2D eigenvalue weighted by atomic mass is 10.1. The molecule has 0 unspecified atom stereocenters. The molecule has 0 radical (unpaired) electrons. The average molecular weight is 396 g/mol. The van der Waals surface area contributed by atoms with Crippen molar-refractivity contribution in [2.24, 2.45) is 0 Å². The molecule has 1 aromatic carbocycles. The Morgan fingerprint density at radius 2 is 1.71 bits per heavy atom. The summed E-state index contributed by atoms with van der Waals surface area (Å²) >= 11 is 0. The fraction of sp³-hybridized carbons (Fsp3) is 0.444. The highest BCUT2D eigenvalue weighted by atomic mass is 19.4. The van der Waals surface area contributed by atoms with E-state index in [4.69, 9.17) is 9.26 Å². The molecule has 150 valence electrons. The molecule has 0 atom stereocenters. The van der Waals surface area contributed by atoms with Crippen LogP contribution in [-0.4, -0.2) is 26.9 Å². The van der Waals surface area contributed by atoms with Gasteiger partial charge in [0.2, 0.25) is 11.7 Å². The summed E-state index contributed by atoms with van der Waals surface area (Å²) in [5, 5.41) is 7.30. The Bertz CT molecular complexity index is 940. The number of aryl methyl sites for hydroxylation is 2. The van der Waals surface area contributed by atoms with Crippen LogP contribution >= 0.6 is 0 Å². The molecule has 3 rings (SSSR count). The molecule has 0 aliphatic heterocycles. The summed E-state index contributed by atoms with van der Waals surface area (Å²) in [6.07, 6.45) is -4.23. The molecule has 0 N–H and O–H groups in total. The van der Waals surface area contributed by atoms with Crippen LogP contribution in [0.2, 0.25) is 0 Å². The summed E-state index contributed by atoms with van der Waals surface area (Å²) in [4.78, 5) is 7.70. The Hall–Kier alpha value is -2.91. The fourth-order valence-electron chi connectivity index (χ4n) is 2.61. The van der Waals surface area contributed by atoms with Gasteiger partial charge in [-0.3, -0.25) is 0 Å². The van der Waals surface area contributed by atoms with Gasteiger partial charge in [0.15, 0.2) is 5.82 Å². The summed E-state index contributed by atoms with van der Waals surface area (Å²) in [5.41, 5.74) is 1.89. The SMILES string of the molecule is Cc1cc(-c2noc(C(F)(F)F)n2)cc(C)c1OCCc1nc(C(C)C)no1. The van der Waals surface area contributed by atoms with E-state index in [2.05, 4.69) is 24.8 Å². The minimum absolute atomic E-state index is 0.128. The van der Waals surface area contributed by atoms with E-state index in [1.807, 2.05) is 13.8 Å². The predicted octanol–water partition coefficient (Wildman–Crippen LogP) is 4.50. The van der Waals surface area contributed by atoms with Gasteiger partial charge in [0.1, 0.15) is 5.75 Å². The topological polar surface area (TPSA) is 87.1 Å². The standard InChI is InChI=1S/C18H19F3N4O3/c1-9(2)15-22-13(27-24-15)5-6-26-14-10(3)7-12(8-11(14)4)16-23-17(28-25-16)18(19,20)21/h7-9H,5-6H2,1-4H3. The molecule has 0 saturated carbocycles. The first-order valence-electron chi connectivity index (χ1n) is 8.63. The molecule has 0 spiro atoms. The summed E-state index contributed by atoms with van der Waals surface area (Å²) in [7, 11) is 0. The van der Waals surface area contributed by atoms with Gasteiger partial charge in [-0.15, -0.1) is 0 Å². The number of hydrogen-bond donors (Lipinski definition) is 0. The number of ether oxygens (including phenoxy) is 1. The quantitative estimate of drug-likeness (QED) is 0.606. The Morgan fingerprint density at radius 3 is 2.25 bits per heavy atom. The molecule has 0 amide bonds. The second kappa shape index (κ2) is 7.61. The third kappa shape index (κ3) is 4.32. The van der Waals surface area contributed by atoms with E-state index in [0.29, 0.717) is 36.1 Å². The van der Waals surface area contributed by atoms with Crippen LogP contribution in [-0.2, 0) is 12.6 Å². The van der Waals surface area contributed by atoms with Gasteiger partial charge < -0.3 is 13.8 Å². The Labute approximate surface area is 158 Å². The van der Waals surface area contributed by atoms with Gasteiger partial charge in [-0.05, 0) is 37.1 Å². The molecule has 0 saturated heterocycles. The highest BCUT2D eigenvalue weighted by Crippen LogP contribution is 2.32. The molecule has 2 aromatic heterocycles. The lowest BCUT2D eigenvalue weighted by molar-refractivity contribution is -0.159. The van der Waals surface area contributed by atoms with Crippen LogP contribution in [0.25, 0.3) is 11.4 Å². The lowest BCUT2D eigenvalue weighted by Gasteiger charge is -2.12. The Morgan fingerprint density at radius 1 is 1.04 bits per heavy atom. The van der Waals surface area contributed by atoms with E-state index in [1.54, 1.807) is 26.0 Å².